The maximum absolute atomic E-state index is 2.27. The van der Waals surface area contributed by atoms with Crippen LogP contribution in [0.15, 0.2) is 36.4 Å². The highest BCUT2D eigenvalue weighted by Crippen LogP contribution is 2.28. The van der Waals surface area contributed by atoms with Gasteiger partial charge in [0.1, 0.15) is 0 Å². The first kappa shape index (κ1) is 9.46. The van der Waals surface area contributed by atoms with E-state index in [9.17, 15) is 0 Å². The fourth-order valence-electron chi connectivity index (χ4n) is 2.41. The van der Waals surface area contributed by atoms with Crippen LogP contribution < -0.4 is 0 Å². The number of hydrogen-bond acceptors (Lipinski definition) is 0. The van der Waals surface area contributed by atoms with Crippen LogP contribution in [0.1, 0.15) is 24.1 Å². The molecule has 1 heteroatoms. The van der Waals surface area contributed by atoms with Gasteiger partial charge >= 0.3 is 0 Å². The van der Waals surface area contributed by atoms with E-state index in [0.717, 1.165) is 12.8 Å². The quantitative estimate of drug-likeness (QED) is 0.618. The van der Waals surface area contributed by atoms with Gasteiger partial charge in [-0.2, -0.15) is 0 Å². The van der Waals surface area contributed by atoms with Gasteiger partial charge in [0.05, 0.1) is 0 Å². The lowest BCUT2D eigenvalue weighted by Crippen LogP contribution is -1.91. The molecule has 0 saturated heterocycles. The number of aromatic nitrogens is 1. The predicted octanol–water partition coefficient (Wildman–Crippen LogP) is 4.00. The van der Waals surface area contributed by atoms with Crippen molar-refractivity contribution in [3.05, 3.63) is 47.7 Å². The highest BCUT2D eigenvalue weighted by atomic mass is 14.9. The molecule has 0 saturated carbocycles. The first-order chi connectivity index (χ1) is 7.88. The van der Waals surface area contributed by atoms with Gasteiger partial charge in [0.25, 0.3) is 0 Å². The molecule has 0 radical (unpaired) electrons. The van der Waals surface area contributed by atoms with Crippen LogP contribution in [0, 0.1) is 0 Å². The van der Waals surface area contributed by atoms with Gasteiger partial charge in [-0.25, -0.2) is 0 Å². The monoisotopic (exact) mass is 209 g/mol. The van der Waals surface area contributed by atoms with Crippen LogP contribution >= 0.6 is 0 Å². The third kappa shape index (κ3) is 1.32. The molecular formula is C15H15N. The average Bonchev–Trinajstić information content (AvgIpc) is 2.52. The molecule has 0 N–H and O–H groups in total. The number of aryl methyl sites for hydroxylation is 1. The summed E-state index contributed by atoms with van der Waals surface area (Å²) in [6.07, 6.45) is 11.3. The Labute approximate surface area is 95.7 Å². The summed E-state index contributed by atoms with van der Waals surface area (Å²) < 4.78 is 2.27. The molecule has 0 bridgehead atoms. The van der Waals surface area contributed by atoms with E-state index in [1.54, 1.807) is 0 Å². The fourth-order valence-corrected chi connectivity index (χ4v) is 2.41. The molecule has 2 aromatic rings. The standard InChI is InChI=1S/C15H15N/c1-16-14-10-5-3-2-4-8-12(14)13-9-6-7-11-15(13)16/h4-11H,2-3H2,1H3/b8-4-,10-5-. The normalized spacial score (nSPS) is 18.8. The number of nitrogens with zero attached hydrogens (tertiary/aromatic N) is 1. The van der Waals surface area contributed by atoms with Gasteiger partial charge in [-0.3, -0.25) is 0 Å². The van der Waals surface area contributed by atoms with Crippen molar-refractivity contribution in [1.29, 1.82) is 0 Å². The van der Waals surface area contributed by atoms with E-state index in [1.165, 1.54) is 22.2 Å². The lowest BCUT2D eigenvalue weighted by Gasteiger charge is -2.02. The van der Waals surface area contributed by atoms with Crippen LogP contribution in [-0.2, 0) is 7.05 Å². The summed E-state index contributed by atoms with van der Waals surface area (Å²) in [4.78, 5) is 0. The first-order valence-corrected chi connectivity index (χ1v) is 5.78. The number of benzene rings is 1. The van der Waals surface area contributed by atoms with Crippen molar-refractivity contribution in [2.75, 3.05) is 0 Å². The van der Waals surface area contributed by atoms with Crippen molar-refractivity contribution in [1.82, 2.24) is 4.57 Å². The topological polar surface area (TPSA) is 4.93 Å². The Morgan fingerprint density at radius 3 is 2.62 bits per heavy atom. The van der Waals surface area contributed by atoms with Crippen LogP contribution in [0.25, 0.3) is 23.1 Å². The Morgan fingerprint density at radius 1 is 1.00 bits per heavy atom. The second kappa shape index (κ2) is 3.67. The molecule has 1 nitrogen and oxygen atoms in total. The second-order valence-corrected chi connectivity index (χ2v) is 4.26. The molecule has 1 aliphatic rings. The Bertz CT molecular complexity index is 585. The van der Waals surface area contributed by atoms with Crippen molar-refractivity contribution < 1.29 is 0 Å². The van der Waals surface area contributed by atoms with E-state index in [2.05, 4.69) is 60.2 Å². The molecule has 16 heavy (non-hydrogen) atoms. The number of fused-ring (bicyclic) bond motifs is 3. The smallest absolute Gasteiger partial charge is 0.0488 e. The zero-order valence-corrected chi connectivity index (χ0v) is 9.48. The molecule has 80 valence electrons. The molecular weight excluding hydrogens is 194 g/mol. The first-order valence-electron chi connectivity index (χ1n) is 5.78. The molecule has 0 atom stereocenters. The summed E-state index contributed by atoms with van der Waals surface area (Å²) in [6, 6.07) is 8.59. The largest absolute Gasteiger partial charge is 0.344 e. The maximum Gasteiger partial charge on any atom is 0.0488 e. The third-order valence-electron chi connectivity index (χ3n) is 3.25. The zero-order valence-electron chi connectivity index (χ0n) is 9.48. The van der Waals surface area contributed by atoms with Crippen LogP contribution in [0.4, 0.5) is 0 Å². The van der Waals surface area contributed by atoms with Gasteiger partial charge < -0.3 is 4.57 Å². The molecule has 0 aliphatic heterocycles. The fraction of sp³-hybridized carbons (Fsp3) is 0.200. The molecule has 0 unspecified atom stereocenters. The van der Waals surface area contributed by atoms with E-state index in [0.29, 0.717) is 0 Å². The minimum absolute atomic E-state index is 1.14. The van der Waals surface area contributed by atoms with Crippen molar-refractivity contribution in [2.24, 2.45) is 7.05 Å². The Hall–Kier alpha value is -1.76. The van der Waals surface area contributed by atoms with Crippen LogP contribution in [-0.4, -0.2) is 4.57 Å². The Morgan fingerprint density at radius 2 is 1.75 bits per heavy atom. The van der Waals surface area contributed by atoms with E-state index < -0.39 is 0 Å². The van der Waals surface area contributed by atoms with E-state index >= 15 is 0 Å². The molecule has 1 aliphatic carbocycles. The van der Waals surface area contributed by atoms with E-state index in [4.69, 9.17) is 0 Å². The lowest BCUT2D eigenvalue weighted by atomic mass is 10.1. The van der Waals surface area contributed by atoms with Crippen molar-refractivity contribution in [3.63, 3.8) is 0 Å². The highest BCUT2D eigenvalue weighted by Gasteiger charge is 2.10. The van der Waals surface area contributed by atoms with Crippen LogP contribution in [0.5, 0.6) is 0 Å². The molecule has 0 fully saturated rings. The molecule has 0 amide bonds. The van der Waals surface area contributed by atoms with Gasteiger partial charge in [0.2, 0.25) is 0 Å². The predicted molar refractivity (Wildman–Crippen MR) is 70.2 cm³/mol. The summed E-state index contributed by atoms with van der Waals surface area (Å²) in [5, 5.41) is 1.35. The number of para-hydroxylation sites is 1. The summed E-state index contributed by atoms with van der Waals surface area (Å²) in [5.41, 5.74) is 3.98. The van der Waals surface area contributed by atoms with Crippen molar-refractivity contribution in [3.8, 4) is 0 Å². The van der Waals surface area contributed by atoms with E-state index in [1.807, 2.05) is 0 Å². The SMILES string of the molecule is Cn1c2c(c3ccccc31)/C=C\CC/C=C\2. The van der Waals surface area contributed by atoms with Crippen molar-refractivity contribution >= 4 is 23.1 Å². The van der Waals surface area contributed by atoms with E-state index in [-0.39, 0.29) is 0 Å². The minimum atomic E-state index is 1.14. The number of rotatable bonds is 0. The van der Waals surface area contributed by atoms with Crippen LogP contribution in [0.2, 0.25) is 0 Å². The Kier molecular flexibility index (Phi) is 2.17. The minimum Gasteiger partial charge on any atom is -0.344 e. The maximum atomic E-state index is 2.27. The summed E-state index contributed by atoms with van der Waals surface area (Å²) in [5.74, 6) is 0. The lowest BCUT2D eigenvalue weighted by molar-refractivity contribution is 0.949. The second-order valence-electron chi connectivity index (χ2n) is 4.26. The summed E-state index contributed by atoms with van der Waals surface area (Å²) in [7, 11) is 2.14. The summed E-state index contributed by atoms with van der Waals surface area (Å²) >= 11 is 0. The Balaban J connectivity index is 2.41. The van der Waals surface area contributed by atoms with Crippen LogP contribution in [0.3, 0.4) is 0 Å². The van der Waals surface area contributed by atoms with Gasteiger partial charge in [-0.15, -0.1) is 0 Å². The van der Waals surface area contributed by atoms with Gasteiger partial charge in [0.15, 0.2) is 0 Å². The van der Waals surface area contributed by atoms with Gasteiger partial charge in [-0.1, -0.05) is 36.4 Å². The molecule has 1 aromatic carbocycles. The van der Waals surface area contributed by atoms with Crippen molar-refractivity contribution in [2.45, 2.75) is 12.8 Å². The third-order valence-corrected chi connectivity index (χ3v) is 3.25. The van der Waals surface area contributed by atoms with Gasteiger partial charge in [-0.05, 0) is 25.0 Å². The highest BCUT2D eigenvalue weighted by molar-refractivity contribution is 5.94. The molecule has 1 aromatic heterocycles. The number of allylic oxidation sites excluding steroid dienone is 2. The molecule has 1 heterocycles. The zero-order chi connectivity index (χ0) is 11.0. The molecule has 3 rings (SSSR count). The average molecular weight is 209 g/mol. The molecule has 0 spiro atoms. The summed E-state index contributed by atoms with van der Waals surface area (Å²) in [6.45, 7) is 0. The van der Waals surface area contributed by atoms with Gasteiger partial charge in [0, 0.05) is 29.2 Å². The number of hydrogen-bond donors (Lipinski definition) is 0.